The van der Waals surface area contributed by atoms with Crippen molar-refractivity contribution in [3.8, 4) is 0 Å². The van der Waals surface area contributed by atoms with Gasteiger partial charge in [0.2, 0.25) is 0 Å². The van der Waals surface area contributed by atoms with Gasteiger partial charge < -0.3 is 14.1 Å². The number of amides is 1. The lowest BCUT2D eigenvalue weighted by atomic mass is 9.99. The van der Waals surface area contributed by atoms with Crippen molar-refractivity contribution in [2.24, 2.45) is 5.92 Å². The summed E-state index contributed by atoms with van der Waals surface area (Å²) in [6.07, 6.45) is 3.72. The minimum absolute atomic E-state index is 0.00352. The van der Waals surface area contributed by atoms with Gasteiger partial charge in [-0.15, -0.1) is 0 Å². The van der Waals surface area contributed by atoms with Gasteiger partial charge in [-0.3, -0.25) is 4.79 Å². The van der Waals surface area contributed by atoms with Gasteiger partial charge >= 0.3 is 0 Å². The average Bonchev–Trinajstić information content (AvgIpc) is 2.89. The van der Waals surface area contributed by atoms with Crippen molar-refractivity contribution in [1.29, 1.82) is 0 Å². The standard InChI is InChI=1S/C13H19NO3/c1-2-16-10-11-5-3-7-14(9-11)13(15)12-6-4-8-17-12/h4,6,8,11H,2-3,5,7,9-10H2,1H3. The number of furan rings is 1. The highest BCUT2D eigenvalue weighted by Gasteiger charge is 2.25. The molecule has 0 aromatic carbocycles. The number of piperidine rings is 1. The summed E-state index contributed by atoms with van der Waals surface area (Å²) >= 11 is 0. The Labute approximate surface area is 102 Å². The first kappa shape index (κ1) is 12.2. The molecule has 4 heteroatoms. The molecule has 1 aromatic rings. The molecule has 1 saturated heterocycles. The van der Waals surface area contributed by atoms with E-state index in [0.717, 1.165) is 39.1 Å². The highest BCUT2D eigenvalue weighted by molar-refractivity contribution is 5.91. The van der Waals surface area contributed by atoms with Gasteiger partial charge in [-0.2, -0.15) is 0 Å². The summed E-state index contributed by atoms with van der Waals surface area (Å²) in [5.41, 5.74) is 0. The second kappa shape index (κ2) is 5.87. The lowest BCUT2D eigenvalue weighted by Gasteiger charge is -2.32. The number of carbonyl (C=O) groups excluding carboxylic acids is 1. The Hall–Kier alpha value is -1.29. The van der Waals surface area contributed by atoms with Crippen LogP contribution in [0, 0.1) is 5.92 Å². The summed E-state index contributed by atoms with van der Waals surface area (Å²) < 4.78 is 10.6. The normalized spacial score (nSPS) is 20.5. The Morgan fingerprint density at radius 2 is 2.53 bits per heavy atom. The average molecular weight is 237 g/mol. The summed E-state index contributed by atoms with van der Waals surface area (Å²) in [7, 11) is 0. The molecule has 94 valence electrons. The monoisotopic (exact) mass is 237 g/mol. The largest absolute Gasteiger partial charge is 0.459 e. The Kier molecular flexibility index (Phi) is 4.20. The molecule has 1 amide bonds. The van der Waals surface area contributed by atoms with Crippen molar-refractivity contribution in [2.75, 3.05) is 26.3 Å². The number of rotatable bonds is 4. The SMILES string of the molecule is CCOCC1CCCN(C(=O)c2ccco2)C1. The van der Waals surface area contributed by atoms with Crippen LogP contribution in [0.5, 0.6) is 0 Å². The van der Waals surface area contributed by atoms with E-state index < -0.39 is 0 Å². The predicted molar refractivity (Wildman–Crippen MR) is 63.8 cm³/mol. The summed E-state index contributed by atoms with van der Waals surface area (Å²) in [4.78, 5) is 13.9. The first-order valence-corrected chi connectivity index (χ1v) is 6.21. The van der Waals surface area contributed by atoms with Crippen LogP contribution in [0.3, 0.4) is 0 Å². The predicted octanol–water partition coefficient (Wildman–Crippen LogP) is 2.17. The first-order chi connectivity index (χ1) is 8.31. The minimum atomic E-state index is -0.00352. The molecule has 1 aliphatic rings. The zero-order chi connectivity index (χ0) is 12.1. The van der Waals surface area contributed by atoms with Crippen LogP contribution in [0.25, 0.3) is 0 Å². The van der Waals surface area contributed by atoms with E-state index in [-0.39, 0.29) is 5.91 Å². The van der Waals surface area contributed by atoms with E-state index in [1.165, 1.54) is 6.26 Å². The van der Waals surface area contributed by atoms with Gasteiger partial charge in [0.1, 0.15) is 0 Å². The highest BCUT2D eigenvalue weighted by Crippen LogP contribution is 2.19. The quantitative estimate of drug-likeness (QED) is 0.806. The Bertz CT molecular complexity index is 348. The van der Waals surface area contributed by atoms with E-state index in [2.05, 4.69) is 0 Å². The lowest BCUT2D eigenvalue weighted by molar-refractivity contribution is 0.0478. The van der Waals surface area contributed by atoms with Crippen LogP contribution in [0.15, 0.2) is 22.8 Å². The van der Waals surface area contributed by atoms with Gasteiger partial charge in [-0.1, -0.05) is 0 Å². The number of nitrogens with zero attached hydrogens (tertiary/aromatic N) is 1. The number of hydrogen-bond donors (Lipinski definition) is 0. The molecule has 0 spiro atoms. The third-order valence-corrected chi connectivity index (χ3v) is 3.10. The molecule has 2 heterocycles. The molecule has 0 aliphatic carbocycles. The Morgan fingerprint density at radius 3 is 3.24 bits per heavy atom. The third-order valence-electron chi connectivity index (χ3n) is 3.10. The fourth-order valence-corrected chi connectivity index (χ4v) is 2.23. The number of hydrogen-bond acceptors (Lipinski definition) is 3. The van der Waals surface area contributed by atoms with Crippen molar-refractivity contribution in [3.63, 3.8) is 0 Å². The van der Waals surface area contributed by atoms with Gasteiger partial charge in [0.25, 0.3) is 5.91 Å². The van der Waals surface area contributed by atoms with Gasteiger partial charge in [-0.25, -0.2) is 0 Å². The van der Waals surface area contributed by atoms with Gasteiger partial charge in [0.05, 0.1) is 12.9 Å². The maximum atomic E-state index is 12.1. The molecule has 1 atom stereocenters. The molecule has 0 bridgehead atoms. The molecule has 1 fully saturated rings. The van der Waals surface area contributed by atoms with Crippen molar-refractivity contribution in [2.45, 2.75) is 19.8 Å². The maximum absolute atomic E-state index is 12.1. The number of ether oxygens (including phenoxy) is 1. The number of likely N-dealkylation sites (tertiary alicyclic amines) is 1. The second-order valence-corrected chi connectivity index (χ2v) is 4.40. The van der Waals surface area contributed by atoms with Crippen LogP contribution < -0.4 is 0 Å². The molecule has 1 aliphatic heterocycles. The third kappa shape index (κ3) is 3.09. The van der Waals surface area contributed by atoms with E-state index >= 15 is 0 Å². The van der Waals surface area contributed by atoms with Crippen molar-refractivity contribution in [3.05, 3.63) is 24.2 Å². The second-order valence-electron chi connectivity index (χ2n) is 4.40. The molecule has 1 unspecified atom stereocenters. The molecular weight excluding hydrogens is 218 g/mol. The van der Waals surface area contributed by atoms with Crippen LogP contribution in [-0.2, 0) is 4.74 Å². The van der Waals surface area contributed by atoms with Crippen molar-refractivity contribution in [1.82, 2.24) is 4.90 Å². The molecule has 0 radical (unpaired) electrons. The summed E-state index contributed by atoms with van der Waals surface area (Å²) in [5, 5.41) is 0. The van der Waals surface area contributed by atoms with Crippen LogP contribution in [0.2, 0.25) is 0 Å². The summed E-state index contributed by atoms with van der Waals surface area (Å²) in [5.74, 6) is 0.890. The topological polar surface area (TPSA) is 42.7 Å². The lowest BCUT2D eigenvalue weighted by Crippen LogP contribution is -2.41. The molecule has 4 nitrogen and oxygen atoms in total. The smallest absolute Gasteiger partial charge is 0.289 e. The first-order valence-electron chi connectivity index (χ1n) is 6.21. The minimum Gasteiger partial charge on any atom is -0.459 e. The van der Waals surface area contributed by atoms with Gasteiger partial charge in [-0.05, 0) is 37.8 Å². The molecule has 0 N–H and O–H groups in total. The Morgan fingerprint density at radius 1 is 1.65 bits per heavy atom. The summed E-state index contributed by atoms with van der Waals surface area (Å²) in [6.45, 7) is 5.08. The Balaban J connectivity index is 1.90. The van der Waals surface area contributed by atoms with Crippen LogP contribution in [0.1, 0.15) is 30.3 Å². The van der Waals surface area contributed by atoms with Gasteiger partial charge in [0.15, 0.2) is 5.76 Å². The van der Waals surface area contributed by atoms with Crippen LogP contribution >= 0.6 is 0 Å². The van der Waals surface area contributed by atoms with Crippen molar-refractivity contribution < 1.29 is 13.9 Å². The van der Waals surface area contributed by atoms with E-state index in [9.17, 15) is 4.79 Å². The number of carbonyl (C=O) groups is 1. The molecule has 17 heavy (non-hydrogen) atoms. The van der Waals surface area contributed by atoms with E-state index in [4.69, 9.17) is 9.15 Å². The molecule has 1 aromatic heterocycles. The van der Waals surface area contributed by atoms with Crippen molar-refractivity contribution >= 4 is 5.91 Å². The zero-order valence-corrected chi connectivity index (χ0v) is 10.2. The molecular formula is C13H19NO3. The van der Waals surface area contributed by atoms with Crippen LogP contribution in [-0.4, -0.2) is 37.1 Å². The maximum Gasteiger partial charge on any atom is 0.289 e. The molecule has 0 saturated carbocycles. The fraction of sp³-hybridized carbons (Fsp3) is 0.615. The van der Waals surface area contributed by atoms with Gasteiger partial charge in [0, 0.05) is 19.7 Å². The molecule has 2 rings (SSSR count). The zero-order valence-electron chi connectivity index (χ0n) is 10.2. The van der Waals surface area contributed by atoms with Crippen LogP contribution in [0.4, 0.5) is 0 Å². The van der Waals surface area contributed by atoms with E-state index in [0.29, 0.717) is 11.7 Å². The van der Waals surface area contributed by atoms with E-state index in [1.54, 1.807) is 12.1 Å². The summed E-state index contributed by atoms with van der Waals surface area (Å²) in [6, 6.07) is 3.46. The highest BCUT2D eigenvalue weighted by atomic mass is 16.5. The fourth-order valence-electron chi connectivity index (χ4n) is 2.23. The van der Waals surface area contributed by atoms with E-state index in [1.807, 2.05) is 11.8 Å².